The Bertz CT molecular complexity index is 1500. The van der Waals surface area contributed by atoms with E-state index >= 15 is 0 Å². The zero-order valence-electron chi connectivity index (χ0n) is 20.3. The number of nitrogens with zero attached hydrogens (tertiary/aromatic N) is 6. The summed E-state index contributed by atoms with van der Waals surface area (Å²) >= 11 is 0.676. The molecule has 15 heteroatoms. The number of fused-ring (bicyclic) bond motifs is 1. The van der Waals surface area contributed by atoms with Crippen LogP contribution in [0.25, 0.3) is 16.3 Å². The van der Waals surface area contributed by atoms with Gasteiger partial charge in [-0.15, -0.1) is 10.2 Å². The molecule has 5 rings (SSSR count). The number of halogens is 2. The fourth-order valence-corrected chi connectivity index (χ4v) is 6.94. The van der Waals surface area contributed by atoms with Crippen molar-refractivity contribution in [2.24, 2.45) is 5.92 Å². The van der Waals surface area contributed by atoms with E-state index in [9.17, 15) is 27.6 Å². The first-order valence-corrected chi connectivity index (χ1v) is 13.9. The average Bonchev–Trinajstić information content (AvgIpc) is 3.20. The van der Waals surface area contributed by atoms with E-state index in [1.54, 1.807) is 6.92 Å². The summed E-state index contributed by atoms with van der Waals surface area (Å²) in [6.45, 7) is 6.50. The lowest BCUT2D eigenvalue weighted by Gasteiger charge is -2.44. The summed E-state index contributed by atoms with van der Waals surface area (Å²) in [5.41, 5.74) is -0.510. The lowest BCUT2D eigenvalue weighted by atomic mass is 9.98. The summed E-state index contributed by atoms with van der Waals surface area (Å²) in [5.74, 6) is 0.0355. The van der Waals surface area contributed by atoms with Crippen molar-refractivity contribution >= 4 is 32.6 Å². The first-order valence-electron chi connectivity index (χ1n) is 11.6. The van der Waals surface area contributed by atoms with Crippen LogP contribution in [-0.4, -0.2) is 69.9 Å². The number of hydrogen-bond acceptors (Lipinski definition) is 10. The molecule has 0 radical (unpaired) electrons. The predicted molar refractivity (Wildman–Crippen MR) is 132 cm³/mol. The van der Waals surface area contributed by atoms with Gasteiger partial charge < -0.3 is 15.3 Å². The number of nitriles is 1. The highest BCUT2D eigenvalue weighted by molar-refractivity contribution is 7.89. The van der Waals surface area contributed by atoms with E-state index in [-0.39, 0.29) is 34.3 Å². The largest absolute Gasteiger partial charge is 0.395 e. The molecule has 2 fully saturated rings. The zero-order chi connectivity index (χ0) is 26.8. The lowest BCUT2D eigenvalue weighted by molar-refractivity contribution is 0.150. The summed E-state index contributed by atoms with van der Waals surface area (Å²) in [5, 5.41) is 29.8. The van der Waals surface area contributed by atoms with Crippen LogP contribution in [0.5, 0.6) is 0 Å². The second kappa shape index (κ2) is 8.91. The van der Waals surface area contributed by atoms with Crippen LogP contribution in [0.2, 0.25) is 0 Å². The van der Waals surface area contributed by atoms with Crippen molar-refractivity contribution in [3.05, 3.63) is 23.5 Å². The number of sulfonamides is 1. The average molecular weight is 553 g/mol. The SMILES string of the molecule is C[C@@H]1C[C@]1(C#N)NS(=O)(=O)c1cc(N2CC(CO)NC(C)(C)C2)c2cnc(-c3nnc(C(F)F)s3)n2c1. The van der Waals surface area contributed by atoms with Gasteiger partial charge >= 0.3 is 0 Å². The number of anilines is 1. The standard InChI is InChI=1S/C22H26F2N8O3S2/c1-12-5-22(12,10-25)30-37(34,35)14-4-15(31-7-13(9-33)27-21(2,3)11-31)16-6-26-18(32(16)8-14)20-29-28-19(36-20)17(23)24/h4,6,8,12-13,17,27,30,33H,5,7,9,11H2,1-3H3/t12-,13?,22-/m1/s1. The van der Waals surface area contributed by atoms with Gasteiger partial charge in [0.05, 0.1) is 30.1 Å². The van der Waals surface area contributed by atoms with Gasteiger partial charge in [-0.25, -0.2) is 22.2 Å². The first-order chi connectivity index (χ1) is 17.4. The molecule has 0 aromatic carbocycles. The monoisotopic (exact) mass is 552 g/mol. The number of rotatable bonds is 7. The van der Waals surface area contributed by atoms with E-state index in [1.165, 1.54) is 22.9 Å². The number of pyridine rings is 1. The Labute approximate surface area is 216 Å². The van der Waals surface area contributed by atoms with Gasteiger partial charge in [0.1, 0.15) is 10.4 Å². The van der Waals surface area contributed by atoms with Crippen LogP contribution in [0.15, 0.2) is 23.4 Å². The number of aliphatic hydroxyl groups is 1. The van der Waals surface area contributed by atoms with Crippen LogP contribution in [-0.2, 0) is 10.0 Å². The van der Waals surface area contributed by atoms with E-state index in [0.29, 0.717) is 42.1 Å². The van der Waals surface area contributed by atoms with Crippen LogP contribution < -0.4 is 14.9 Å². The topological polar surface area (TPSA) is 149 Å². The number of hydrogen-bond donors (Lipinski definition) is 3. The first kappa shape index (κ1) is 25.9. The van der Waals surface area contributed by atoms with Crippen molar-refractivity contribution < 1.29 is 22.3 Å². The second-order valence-electron chi connectivity index (χ2n) is 10.2. The van der Waals surface area contributed by atoms with Gasteiger partial charge in [0, 0.05) is 30.9 Å². The Morgan fingerprint density at radius 1 is 1.41 bits per heavy atom. The zero-order valence-corrected chi connectivity index (χ0v) is 21.9. The van der Waals surface area contributed by atoms with Crippen LogP contribution in [0.3, 0.4) is 0 Å². The van der Waals surface area contributed by atoms with Crippen LogP contribution in [0.1, 0.15) is 38.6 Å². The third kappa shape index (κ3) is 4.68. The van der Waals surface area contributed by atoms with Gasteiger partial charge in [-0.1, -0.05) is 18.3 Å². The van der Waals surface area contributed by atoms with Crippen molar-refractivity contribution in [2.45, 2.75) is 55.6 Å². The highest BCUT2D eigenvalue weighted by atomic mass is 32.2. The lowest BCUT2D eigenvalue weighted by Crippen LogP contribution is -2.63. The van der Waals surface area contributed by atoms with Gasteiger partial charge in [0.15, 0.2) is 15.8 Å². The smallest absolute Gasteiger partial charge is 0.291 e. The summed E-state index contributed by atoms with van der Waals surface area (Å²) in [7, 11) is -4.15. The van der Waals surface area contributed by atoms with Crippen LogP contribution in [0, 0.1) is 17.2 Å². The Hall–Kier alpha value is -2.77. The number of piperazine rings is 1. The number of imidazole rings is 1. The second-order valence-corrected chi connectivity index (χ2v) is 12.9. The molecule has 0 bridgehead atoms. The van der Waals surface area contributed by atoms with E-state index in [1.807, 2.05) is 18.7 Å². The third-order valence-electron chi connectivity index (χ3n) is 6.73. The molecule has 0 spiro atoms. The maximum Gasteiger partial charge on any atom is 0.291 e. The molecule has 1 unspecified atom stereocenters. The fraction of sp³-hybridized carbons (Fsp3) is 0.545. The maximum atomic E-state index is 13.5. The molecule has 3 aromatic heterocycles. The molecule has 0 amide bonds. The van der Waals surface area contributed by atoms with Crippen molar-refractivity contribution in [3.8, 4) is 16.9 Å². The number of aromatic nitrogens is 4. The fourth-order valence-electron chi connectivity index (χ4n) is 4.81. The highest BCUT2D eigenvalue weighted by Crippen LogP contribution is 2.44. The van der Waals surface area contributed by atoms with Crippen molar-refractivity contribution in [2.75, 3.05) is 24.6 Å². The highest BCUT2D eigenvalue weighted by Gasteiger charge is 2.54. The van der Waals surface area contributed by atoms with Gasteiger partial charge in [0.2, 0.25) is 10.0 Å². The molecule has 2 aliphatic rings. The van der Waals surface area contributed by atoms with Gasteiger partial charge in [0.25, 0.3) is 6.43 Å². The molecule has 1 saturated heterocycles. The molecule has 11 nitrogen and oxygen atoms in total. The normalized spacial score (nSPS) is 25.5. The Morgan fingerprint density at radius 3 is 2.73 bits per heavy atom. The van der Waals surface area contributed by atoms with Crippen LogP contribution in [0.4, 0.5) is 14.5 Å². The minimum Gasteiger partial charge on any atom is -0.395 e. The Morgan fingerprint density at radius 2 is 2.14 bits per heavy atom. The van der Waals surface area contributed by atoms with E-state index in [2.05, 4.69) is 31.3 Å². The van der Waals surface area contributed by atoms with Crippen molar-refractivity contribution in [3.63, 3.8) is 0 Å². The molecule has 3 N–H and O–H groups in total. The Balaban J connectivity index is 1.67. The molecule has 37 heavy (non-hydrogen) atoms. The molecule has 3 aromatic rings. The summed E-state index contributed by atoms with van der Waals surface area (Å²) in [6, 6.07) is 3.32. The van der Waals surface area contributed by atoms with Crippen LogP contribution >= 0.6 is 11.3 Å². The predicted octanol–water partition coefficient (Wildman–Crippen LogP) is 1.92. The molecule has 1 aliphatic heterocycles. The quantitative estimate of drug-likeness (QED) is 0.400. The number of nitrogens with one attached hydrogen (secondary N) is 2. The molecular weight excluding hydrogens is 526 g/mol. The van der Waals surface area contributed by atoms with Gasteiger partial charge in [-0.3, -0.25) is 4.40 Å². The molecule has 3 atom stereocenters. The molecule has 4 heterocycles. The van der Waals surface area contributed by atoms with E-state index in [4.69, 9.17) is 0 Å². The molecule has 1 saturated carbocycles. The summed E-state index contributed by atoms with van der Waals surface area (Å²) < 4.78 is 57.4. The minimum atomic E-state index is -4.15. The molecular formula is C22H26F2N8O3S2. The summed E-state index contributed by atoms with van der Waals surface area (Å²) in [6.07, 6.45) is 0.483. The van der Waals surface area contributed by atoms with Crippen molar-refractivity contribution in [1.82, 2.24) is 29.6 Å². The van der Waals surface area contributed by atoms with Crippen molar-refractivity contribution in [1.29, 1.82) is 5.26 Å². The van der Waals surface area contributed by atoms with Gasteiger partial charge in [-0.2, -0.15) is 9.98 Å². The van der Waals surface area contributed by atoms with Gasteiger partial charge in [-0.05, 0) is 32.3 Å². The Kier molecular flexibility index (Phi) is 6.23. The number of aliphatic hydroxyl groups excluding tert-OH is 1. The maximum absolute atomic E-state index is 13.5. The molecule has 1 aliphatic carbocycles. The summed E-state index contributed by atoms with van der Waals surface area (Å²) in [4.78, 5) is 6.22. The third-order valence-corrected chi connectivity index (χ3v) is 9.14. The molecule has 198 valence electrons. The minimum absolute atomic E-state index is 0.113. The van der Waals surface area contributed by atoms with E-state index < -0.39 is 32.5 Å². The number of alkyl halides is 2. The van der Waals surface area contributed by atoms with E-state index in [0.717, 1.165) is 0 Å².